The van der Waals surface area contributed by atoms with Gasteiger partial charge in [0.05, 0.1) is 11.6 Å². The Morgan fingerprint density at radius 1 is 1.14 bits per heavy atom. The molecule has 0 heterocycles. The number of benzene rings is 2. The number of carbonyl (C=O) groups is 1. The first kappa shape index (κ1) is 16.1. The minimum Gasteiger partial charge on any atom is -0.492 e. The normalized spacial score (nSPS) is 10.1. The van der Waals surface area contributed by atoms with E-state index in [2.05, 4.69) is 10.6 Å². The molecule has 0 bridgehead atoms. The fourth-order valence-corrected chi connectivity index (χ4v) is 1.92. The van der Waals surface area contributed by atoms with Crippen LogP contribution < -0.4 is 15.4 Å². The summed E-state index contributed by atoms with van der Waals surface area (Å²) in [5, 5.41) is 5.86. The van der Waals surface area contributed by atoms with Crippen molar-refractivity contribution in [1.82, 2.24) is 5.32 Å². The van der Waals surface area contributed by atoms with Gasteiger partial charge in [-0.15, -0.1) is 0 Å². The van der Waals surface area contributed by atoms with Gasteiger partial charge < -0.3 is 15.4 Å². The van der Waals surface area contributed by atoms with E-state index in [1.807, 2.05) is 12.1 Å². The topological polar surface area (TPSA) is 50.4 Å². The Kier molecular flexibility index (Phi) is 6.03. The molecule has 0 fully saturated rings. The molecule has 4 nitrogen and oxygen atoms in total. The quantitative estimate of drug-likeness (QED) is 0.788. The highest BCUT2D eigenvalue weighted by molar-refractivity contribution is 6.32. The Morgan fingerprint density at radius 2 is 1.86 bits per heavy atom. The number of hydrogen-bond donors (Lipinski definition) is 2. The van der Waals surface area contributed by atoms with E-state index in [0.717, 1.165) is 0 Å². The number of urea groups is 1. The van der Waals surface area contributed by atoms with Gasteiger partial charge in [0.25, 0.3) is 0 Å². The second kappa shape index (κ2) is 8.24. The summed E-state index contributed by atoms with van der Waals surface area (Å²) in [7, 11) is 0. The van der Waals surface area contributed by atoms with Crippen LogP contribution in [0, 0.1) is 5.82 Å². The van der Waals surface area contributed by atoms with Crippen LogP contribution in [0.2, 0.25) is 5.02 Å². The molecule has 2 N–H and O–H groups in total. The van der Waals surface area contributed by atoms with Crippen LogP contribution in [0.15, 0.2) is 48.5 Å². The molecular weight excluding hydrogens is 307 g/mol. The smallest absolute Gasteiger partial charge is 0.319 e. The van der Waals surface area contributed by atoms with Crippen molar-refractivity contribution < 1.29 is 13.9 Å². The molecule has 0 unspecified atom stereocenters. The molecule has 0 radical (unpaired) electrons. The van der Waals surface area contributed by atoms with Crippen molar-refractivity contribution in [2.75, 3.05) is 18.5 Å². The van der Waals surface area contributed by atoms with Crippen LogP contribution in [0.3, 0.4) is 0 Å². The van der Waals surface area contributed by atoms with Crippen LogP contribution in [0.25, 0.3) is 0 Å². The summed E-state index contributed by atoms with van der Waals surface area (Å²) < 4.78 is 18.2. The minimum atomic E-state index is -0.345. The van der Waals surface area contributed by atoms with Crippen molar-refractivity contribution in [3.05, 3.63) is 59.4 Å². The zero-order chi connectivity index (χ0) is 15.8. The monoisotopic (exact) mass is 322 g/mol. The van der Waals surface area contributed by atoms with Crippen molar-refractivity contribution in [2.24, 2.45) is 0 Å². The first-order chi connectivity index (χ1) is 10.6. The average Bonchev–Trinajstić information content (AvgIpc) is 2.51. The Hall–Kier alpha value is -2.27. The summed E-state index contributed by atoms with van der Waals surface area (Å²) in [6.45, 7) is 0.901. The maximum atomic E-state index is 12.7. The summed E-state index contributed by atoms with van der Waals surface area (Å²) >= 11 is 5.96. The molecule has 0 aromatic heterocycles. The molecule has 0 spiro atoms. The van der Waals surface area contributed by atoms with Gasteiger partial charge in [0.2, 0.25) is 0 Å². The third kappa shape index (κ3) is 5.26. The van der Waals surface area contributed by atoms with Gasteiger partial charge in [0.15, 0.2) is 0 Å². The predicted molar refractivity (Wildman–Crippen MR) is 85.0 cm³/mol. The van der Waals surface area contributed by atoms with Crippen LogP contribution >= 0.6 is 11.6 Å². The summed E-state index contributed by atoms with van der Waals surface area (Å²) in [6, 6.07) is 12.4. The lowest BCUT2D eigenvalue weighted by Crippen LogP contribution is -2.30. The highest BCUT2D eigenvalue weighted by Crippen LogP contribution is 2.22. The molecule has 2 rings (SSSR count). The molecule has 0 aliphatic carbocycles. The summed E-state index contributed by atoms with van der Waals surface area (Å²) in [5.74, 6) is 0.280. The van der Waals surface area contributed by atoms with Crippen molar-refractivity contribution >= 4 is 23.3 Å². The number of nitrogens with one attached hydrogen (secondary N) is 2. The SMILES string of the molecule is O=C(NCCCOc1ccccc1Cl)Nc1ccc(F)cc1. The molecule has 0 aliphatic rings. The van der Waals surface area contributed by atoms with Gasteiger partial charge in [-0.05, 0) is 42.8 Å². The van der Waals surface area contributed by atoms with Crippen LogP contribution in [0.5, 0.6) is 5.75 Å². The number of hydrogen-bond acceptors (Lipinski definition) is 2. The van der Waals surface area contributed by atoms with Gasteiger partial charge in [-0.2, -0.15) is 0 Å². The van der Waals surface area contributed by atoms with Gasteiger partial charge in [0, 0.05) is 12.2 Å². The van der Waals surface area contributed by atoms with Crippen molar-refractivity contribution in [1.29, 1.82) is 0 Å². The maximum absolute atomic E-state index is 12.7. The van der Waals surface area contributed by atoms with Gasteiger partial charge in [-0.1, -0.05) is 23.7 Å². The fraction of sp³-hybridized carbons (Fsp3) is 0.188. The van der Waals surface area contributed by atoms with Gasteiger partial charge >= 0.3 is 6.03 Å². The molecule has 6 heteroatoms. The molecule has 116 valence electrons. The van der Waals surface area contributed by atoms with Gasteiger partial charge in [0.1, 0.15) is 11.6 Å². The molecule has 2 aromatic rings. The Bertz CT molecular complexity index is 620. The average molecular weight is 323 g/mol. The van der Waals surface area contributed by atoms with Crippen molar-refractivity contribution in [3.63, 3.8) is 0 Å². The molecule has 0 aliphatic heterocycles. The Balaban J connectivity index is 1.63. The second-order valence-electron chi connectivity index (χ2n) is 4.52. The first-order valence-electron chi connectivity index (χ1n) is 6.83. The van der Waals surface area contributed by atoms with E-state index in [9.17, 15) is 9.18 Å². The highest BCUT2D eigenvalue weighted by atomic mass is 35.5. The van der Waals surface area contributed by atoms with E-state index in [0.29, 0.717) is 36.0 Å². The molecule has 0 saturated heterocycles. The fourth-order valence-electron chi connectivity index (χ4n) is 1.73. The van der Waals surface area contributed by atoms with Crippen molar-refractivity contribution in [2.45, 2.75) is 6.42 Å². The predicted octanol–water partition coefficient (Wildman–Crippen LogP) is 4.07. The lowest BCUT2D eigenvalue weighted by Gasteiger charge is -2.09. The first-order valence-corrected chi connectivity index (χ1v) is 7.21. The summed E-state index contributed by atoms with van der Waals surface area (Å²) in [6.07, 6.45) is 0.641. The van der Waals surface area contributed by atoms with Crippen LogP contribution in [0.1, 0.15) is 6.42 Å². The minimum absolute atomic E-state index is 0.343. The number of para-hydroxylation sites is 1. The number of halogens is 2. The third-order valence-corrected chi connectivity index (χ3v) is 3.12. The van der Waals surface area contributed by atoms with Crippen LogP contribution in [-0.4, -0.2) is 19.2 Å². The number of anilines is 1. The lowest BCUT2D eigenvalue weighted by atomic mass is 10.3. The largest absolute Gasteiger partial charge is 0.492 e. The van der Waals surface area contributed by atoms with Crippen LogP contribution in [0.4, 0.5) is 14.9 Å². The van der Waals surface area contributed by atoms with E-state index < -0.39 is 0 Å². The van der Waals surface area contributed by atoms with Gasteiger partial charge in [-0.25, -0.2) is 9.18 Å². The molecule has 22 heavy (non-hydrogen) atoms. The van der Waals surface area contributed by atoms with E-state index in [-0.39, 0.29) is 11.8 Å². The molecule has 2 aromatic carbocycles. The second-order valence-corrected chi connectivity index (χ2v) is 4.93. The maximum Gasteiger partial charge on any atom is 0.319 e. The Labute approximate surface area is 133 Å². The highest BCUT2D eigenvalue weighted by Gasteiger charge is 2.02. The molecular formula is C16H16ClFN2O2. The standard InChI is InChI=1S/C16H16ClFN2O2/c17-14-4-1-2-5-15(14)22-11-3-10-19-16(21)20-13-8-6-12(18)7-9-13/h1-2,4-9H,3,10-11H2,(H2,19,20,21). The lowest BCUT2D eigenvalue weighted by molar-refractivity contribution is 0.250. The third-order valence-electron chi connectivity index (χ3n) is 2.80. The van der Waals surface area contributed by atoms with E-state index >= 15 is 0 Å². The van der Waals surface area contributed by atoms with Gasteiger partial charge in [-0.3, -0.25) is 0 Å². The van der Waals surface area contributed by atoms with E-state index in [4.69, 9.17) is 16.3 Å². The number of ether oxygens (including phenoxy) is 1. The number of rotatable bonds is 6. The van der Waals surface area contributed by atoms with Crippen LogP contribution in [-0.2, 0) is 0 Å². The number of amides is 2. The Morgan fingerprint density at radius 3 is 2.59 bits per heavy atom. The molecule has 2 amide bonds. The summed E-state index contributed by atoms with van der Waals surface area (Å²) in [5.41, 5.74) is 0.534. The summed E-state index contributed by atoms with van der Waals surface area (Å²) in [4.78, 5) is 11.6. The zero-order valence-corrected chi connectivity index (χ0v) is 12.6. The van der Waals surface area contributed by atoms with Crippen molar-refractivity contribution in [3.8, 4) is 5.75 Å². The molecule has 0 saturated carbocycles. The molecule has 0 atom stereocenters. The van der Waals surface area contributed by atoms with E-state index in [1.54, 1.807) is 12.1 Å². The number of carbonyl (C=O) groups excluding carboxylic acids is 1. The zero-order valence-electron chi connectivity index (χ0n) is 11.8. The van der Waals surface area contributed by atoms with E-state index in [1.165, 1.54) is 24.3 Å².